The molecule has 1 aromatic carbocycles. The lowest BCUT2D eigenvalue weighted by molar-refractivity contribution is -0.123. The fraction of sp³-hybridized carbons (Fsp3) is 0.731. The molecule has 0 spiro atoms. The zero-order valence-corrected chi connectivity index (χ0v) is 20.2. The molecule has 0 saturated carbocycles. The quantitative estimate of drug-likeness (QED) is 0.544. The van der Waals surface area contributed by atoms with Crippen LogP contribution in [-0.2, 0) is 11.2 Å². The predicted molar refractivity (Wildman–Crippen MR) is 129 cm³/mol. The van der Waals surface area contributed by atoms with Crippen molar-refractivity contribution < 1.29 is 4.79 Å². The molecule has 1 atom stereocenters. The van der Waals surface area contributed by atoms with E-state index >= 15 is 0 Å². The summed E-state index contributed by atoms with van der Waals surface area (Å²) in [6, 6.07) is 2.14. The zero-order valence-electron chi connectivity index (χ0n) is 20.2. The van der Waals surface area contributed by atoms with Gasteiger partial charge in [-0.1, -0.05) is 38.7 Å². The van der Waals surface area contributed by atoms with Crippen molar-refractivity contribution in [2.24, 2.45) is 0 Å². The number of nitrogens with zero attached hydrogens (tertiary/aromatic N) is 2. The number of nitrogens with one attached hydrogen (secondary N) is 1. The monoisotopic (exact) mass is 413 g/mol. The number of fused-ring (bicyclic) bond motifs is 1. The Labute approximate surface area is 184 Å². The van der Waals surface area contributed by atoms with Crippen LogP contribution in [-0.4, -0.2) is 42.0 Å². The van der Waals surface area contributed by atoms with E-state index in [0.29, 0.717) is 0 Å². The number of rotatable bonds is 8. The molecule has 4 nitrogen and oxygen atoms in total. The number of amides is 1. The number of unbranched alkanes of at least 4 members (excludes halogenated alkanes) is 3. The Morgan fingerprint density at radius 2 is 1.90 bits per heavy atom. The number of benzene rings is 1. The summed E-state index contributed by atoms with van der Waals surface area (Å²) in [4.78, 5) is 18.3. The molecule has 2 heterocycles. The molecule has 1 fully saturated rings. The van der Waals surface area contributed by atoms with Gasteiger partial charge in [-0.3, -0.25) is 9.69 Å². The maximum atomic E-state index is 13.4. The number of hydrogen-bond donors (Lipinski definition) is 1. The zero-order chi connectivity index (χ0) is 21.9. The van der Waals surface area contributed by atoms with E-state index in [9.17, 15) is 4.79 Å². The normalized spacial score (nSPS) is 19.6. The Balaban J connectivity index is 1.80. The van der Waals surface area contributed by atoms with Crippen LogP contribution < -0.4 is 10.2 Å². The van der Waals surface area contributed by atoms with Gasteiger partial charge in [-0.05, 0) is 83.5 Å². The molecular weight excluding hydrogens is 370 g/mol. The topological polar surface area (TPSA) is 35.6 Å². The van der Waals surface area contributed by atoms with E-state index in [-0.39, 0.29) is 17.5 Å². The lowest BCUT2D eigenvalue weighted by Gasteiger charge is -2.45. The molecule has 1 N–H and O–H groups in total. The van der Waals surface area contributed by atoms with Crippen molar-refractivity contribution in [1.29, 1.82) is 0 Å². The number of anilines is 2. The first-order valence-electron chi connectivity index (χ1n) is 12.2. The molecular formula is C26H43N3O. The van der Waals surface area contributed by atoms with E-state index in [1.807, 2.05) is 0 Å². The number of piperidine rings is 1. The van der Waals surface area contributed by atoms with Crippen molar-refractivity contribution in [2.75, 3.05) is 29.9 Å². The van der Waals surface area contributed by atoms with Gasteiger partial charge in [0, 0.05) is 18.6 Å². The minimum atomic E-state index is -0.115. The van der Waals surface area contributed by atoms with Gasteiger partial charge in [-0.25, -0.2) is 0 Å². The van der Waals surface area contributed by atoms with Crippen molar-refractivity contribution in [1.82, 2.24) is 4.90 Å². The molecule has 1 amide bonds. The third-order valence-electron chi connectivity index (χ3n) is 7.37. The lowest BCUT2D eigenvalue weighted by atomic mass is 9.89. The van der Waals surface area contributed by atoms with Crippen LogP contribution in [0.3, 0.4) is 0 Å². The van der Waals surface area contributed by atoms with Gasteiger partial charge in [0.05, 0.1) is 17.4 Å². The molecule has 1 unspecified atom stereocenters. The maximum absolute atomic E-state index is 13.4. The fourth-order valence-corrected chi connectivity index (χ4v) is 5.52. The van der Waals surface area contributed by atoms with E-state index in [4.69, 9.17) is 0 Å². The molecule has 0 aromatic heterocycles. The minimum absolute atomic E-state index is 0.0879. The van der Waals surface area contributed by atoms with Crippen LogP contribution >= 0.6 is 0 Å². The van der Waals surface area contributed by atoms with E-state index in [2.05, 4.69) is 62.7 Å². The van der Waals surface area contributed by atoms with Gasteiger partial charge in [0.2, 0.25) is 5.91 Å². The lowest BCUT2D eigenvalue weighted by Crippen LogP contribution is -2.55. The van der Waals surface area contributed by atoms with Crippen LogP contribution in [0.15, 0.2) is 6.07 Å². The largest absolute Gasteiger partial charge is 0.369 e. The van der Waals surface area contributed by atoms with Gasteiger partial charge >= 0.3 is 0 Å². The van der Waals surface area contributed by atoms with Crippen LogP contribution in [0.2, 0.25) is 0 Å². The molecule has 2 aliphatic rings. The van der Waals surface area contributed by atoms with Crippen LogP contribution in [0.5, 0.6) is 0 Å². The second kappa shape index (κ2) is 9.72. The van der Waals surface area contributed by atoms with Gasteiger partial charge in [-0.2, -0.15) is 0 Å². The van der Waals surface area contributed by atoms with E-state index < -0.39 is 0 Å². The third kappa shape index (κ3) is 4.85. The van der Waals surface area contributed by atoms with Gasteiger partial charge in [0.15, 0.2) is 0 Å². The van der Waals surface area contributed by atoms with E-state index in [1.54, 1.807) is 0 Å². The summed E-state index contributed by atoms with van der Waals surface area (Å²) < 4.78 is 0. The third-order valence-corrected chi connectivity index (χ3v) is 7.37. The Morgan fingerprint density at radius 1 is 1.13 bits per heavy atom. The van der Waals surface area contributed by atoms with Gasteiger partial charge in [-0.15, -0.1) is 0 Å². The molecule has 4 heteroatoms. The molecule has 2 aliphatic heterocycles. The minimum Gasteiger partial charge on any atom is -0.369 e. The van der Waals surface area contributed by atoms with Gasteiger partial charge < -0.3 is 10.2 Å². The highest BCUT2D eigenvalue weighted by molar-refractivity contribution is 5.99. The molecule has 168 valence electrons. The average molecular weight is 414 g/mol. The molecule has 0 bridgehead atoms. The highest BCUT2D eigenvalue weighted by Gasteiger charge is 2.36. The first kappa shape index (κ1) is 23.1. The first-order valence-corrected chi connectivity index (χ1v) is 12.2. The molecule has 1 aromatic rings. The Morgan fingerprint density at radius 3 is 2.60 bits per heavy atom. The highest BCUT2D eigenvalue weighted by atomic mass is 16.2. The summed E-state index contributed by atoms with van der Waals surface area (Å²) in [7, 11) is 0. The molecule has 0 aliphatic carbocycles. The predicted octanol–water partition coefficient (Wildman–Crippen LogP) is 5.84. The summed E-state index contributed by atoms with van der Waals surface area (Å²) in [5.74, 6) is 0.136. The highest BCUT2D eigenvalue weighted by Crippen LogP contribution is 2.40. The van der Waals surface area contributed by atoms with Gasteiger partial charge in [0.25, 0.3) is 0 Å². The maximum Gasteiger partial charge on any atom is 0.241 e. The number of hydrogen-bond acceptors (Lipinski definition) is 3. The van der Waals surface area contributed by atoms with Crippen molar-refractivity contribution in [3.05, 3.63) is 22.8 Å². The Bertz CT molecular complexity index is 755. The molecule has 30 heavy (non-hydrogen) atoms. The summed E-state index contributed by atoms with van der Waals surface area (Å²) in [5.41, 5.74) is 6.41. The van der Waals surface area contributed by atoms with Gasteiger partial charge in [0.1, 0.15) is 0 Å². The number of likely N-dealkylation sites (tertiary alicyclic amines) is 1. The fourth-order valence-electron chi connectivity index (χ4n) is 5.52. The van der Waals surface area contributed by atoms with E-state index in [1.165, 1.54) is 60.9 Å². The number of carbonyl (C=O) groups excluding carboxylic acids is 1. The standard InChI is InChI=1S/C26H43N3O/c1-7-8-9-11-15-28-17-13-22-19(2)18-20(3)23(24(22)28)27-25(30)21(4)29-16-12-10-14-26(29,5)6/h18,21H,7-17H2,1-6H3,(H,27,30). The number of aryl methyl sites for hydroxylation is 2. The van der Waals surface area contributed by atoms with Crippen molar-refractivity contribution >= 4 is 17.3 Å². The Hall–Kier alpha value is -1.55. The van der Waals surface area contributed by atoms with Crippen LogP contribution in [0.25, 0.3) is 0 Å². The summed E-state index contributed by atoms with van der Waals surface area (Å²) in [5, 5.41) is 3.38. The molecule has 3 rings (SSSR count). The number of carbonyl (C=O) groups is 1. The van der Waals surface area contributed by atoms with Crippen molar-refractivity contribution in [2.45, 2.75) is 104 Å². The summed E-state index contributed by atoms with van der Waals surface area (Å²) >= 11 is 0. The summed E-state index contributed by atoms with van der Waals surface area (Å²) in [6.45, 7) is 16.4. The average Bonchev–Trinajstić information content (AvgIpc) is 3.12. The summed E-state index contributed by atoms with van der Waals surface area (Å²) in [6.07, 6.45) is 9.78. The molecule has 1 saturated heterocycles. The van der Waals surface area contributed by atoms with Crippen LogP contribution in [0.4, 0.5) is 11.4 Å². The molecule has 0 radical (unpaired) electrons. The van der Waals surface area contributed by atoms with Crippen molar-refractivity contribution in [3.8, 4) is 0 Å². The first-order chi connectivity index (χ1) is 14.3. The van der Waals surface area contributed by atoms with Crippen LogP contribution in [0, 0.1) is 13.8 Å². The second-order valence-electron chi connectivity index (χ2n) is 10.1. The Kier molecular flexibility index (Phi) is 7.49. The SMILES string of the molecule is CCCCCCN1CCc2c(C)cc(C)c(NC(=O)C(C)N3CCCCC3(C)C)c21. The van der Waals surface area contributed by atoms with Crippen molar-refractivity contribution in [3.63, 3.8) is 0 Å². The second-order valence-corrected chi connectivity index (χ2v) is 10.1. The van der Waals surface area contributed by atoms with Crippen LogP contribution in [0.1, 0.15) is 89.3 Å². The smallest absolute Gasteiger partial charge is 0.241 e. The van der Waals surface area contributed by atoms with E-state index in [0.717, 1.165) is 38.2 Å².